The predicted octanol–water partition coefficient (Wildman–Crippen LogP) is 2.82. The van der Waals surface area contributed by atoms with Gasteiger partial charge < -0.3 is 5.32 Å². The number of halogens is 1. The van der Waals surface area contributed by atoms with E-state index < -0.39 is 0 Å². The summed E-state index contributed by atoms with van der Waals surface area (Å²) in [5, 5.41) is 11.6. The van der Waals surface area contributed by atoms with Gasteiger partial charge in [0.25, 0.3) is 0 Å². The first-order valence-electron chi connectivity index (χ1n) is 4.79. The lowest BCUT2D eigenvalue weighted by Gasteiger charge is -2.09. The van der Waals surface area contributed by atoms with Crippen LogP contribution in [0.4, 0.5) is 5.82 Å². The third-order valence-corrected chi connectivity index (χ3v) is 3.52. The third-order valence-electron chi connectivity index (χ3n) is 2.38. The highest BCUT2D eigenvalue weighted by Gasteiger charge is 2.07. The minimum Gasteiger partial charge on any atom is -0.363 e. The highest BCUT2D eigenvalue weighted by atomic mass is 35.5. The first-order chi connectivity index (χ1) is 7.68. The zero-order valence-electron chi connectivity index (χ0n) is 8.99. The van der Waals surface area contributed by atoms with Crippen molar-refractivity contribution in [2.75, 3.05) is 5.32 Å². The van der Waals surface area contributed by atoms with Gasteiger partial charge in [-0.05, 0) is 25.0 Å². The van der Waals surface area contributed by atoms with Crippen LogP contribution >= 0.6 is 22.9 Å². The van der Waals surface area contributed by atoms with Gasteiger partial charge in [-0.2, -0.15) is 0 Å². The second-order valence-electron chi connectivity index (χ2n) is 3.41. The van der Waals surface area contributed by atoms with E-state index in [1.807, 2.05) is 25.6 Å². The molecule has 0 unspecified atom stereocenters. The monoisotopic (exact) mass is 254 g/mol. The molecule has 6 heteroatoms. The van der Waals surface area contributed by atoms with Gasteiger partial charge in [0, 0.05) is 11.1 Å². The number of rotatable bonds is 3. The van der Waals surface area contributed by atoms with E-state index >= 15 is 0 Å². The molecule has 0 saturated carbocycles. The second kappa shape index (κ2) is 4.76. The van der Waals surface area contributed by atoms with Crippen molar-refractivity contribution in [2.24, 2.45) is 0 Å². The summed E-state index contributed by atoms with van der Waals surface area (Å²) in [6.45, 7) is 4.62. The second-order valence-corrected chi connectivity index (χ2v) is 4.74. The Kier molecular flexibility index (Phi) is 3.36. The van der Waals surface area contributed by atoms with Crippen molar-refractivity contribution in [1.29, 1.82) is 0 Å². The zero-order chi connectivity index (χ0) is 11.5. The standard InChI is InChI=1S/C10H11ClN4S/c1-6-7(2)10(15-14-9(6)11)13-4-8-3-12-5-16-8/h3,5H,4H2,1-2H3,(H,13,15). The van der Waals surface area contributed by atoms with E-state index in [4.69, 9.17) is 11.6 Å². The van der Waals surface area contributed by atoms with Crippen molar-refractivity contribution in [1.82, 2.24) is 15.2 Å². The van der Waals surface area contributed by atoms with E-state index in [1.165, 1.54) is 0 Å². The molecule has 0 bridgehead atoms. The summed E-state index contributed by atoms with van der Waals surface area (Å²) in [5.41, 5.74) is 3.80. The van der Waals surface area contributed by atoms with Crippen LogP contribution in [0.2, 0.25) is 5.15 Å². The molecule has 0 aliphatic rings. The summed E-state index contributed by atoms with van der Waals surface area (Å²) in [5.74, 6) is 0.773. The van der Waals surface area contributed by atoms with Crippen LogP contribution in [-0.2, 0) is 6.54 Å². The Morgan fingerprint density at radius 2 is 2.12 bits per heavy atom. The van der Waals surface area contributed by atoms with Crippen LogP contribution in [0, 0.1) is 13.8 Å². The van der Waals surface area contributed by atoms with Crippen LogP contribution in [0.1, 0.15) is 16.0 Å². The summed E-state index contributed by atoms with van der Waals surface area (Å²) in [7, 11) is 0. The number of aromatic nitrogens is 3. The van der Waals surface area contributed by atoms with Gasteiger partial charge in [-0.25, -0.2) is 0 Å². The molecule has 84 valence electrons. The van der Waals surface area contributed by atoms with Gasteiger partial charge >= 0.3 is 0 Å². The summed E-state index contributed by atoms with van der Waals surface area (Å²) < 4.78 is 0. The van der Waals surface area contributed by atoms with Crippen LogP contribution in [-0.4, -0.2) is 15.2 Å². The Bertz CT molecular complexity index is 484. The topological polar surface area (TPSA) is 50.7 Å². The lowest BCUT2D eigenvalue weighted by Crippen LogP contribution is -2.05. The van der Waals surface area contributed by atoms with Gasteiger partial charge in [-0.15, -0.1) is 21.5 Å². The van der Waals surface area contributed by atoms with Crippen LogP contribution in [0.5, 0.6) is 0 Å². The Hall–Kier alpha value is -1.20. The molecule has 0 radical (unpaired) electrons. The van der Waals surface area contributed by atoms with Crippen LogP contribution < -0.4 is 5.32 Å². The fourth-order valence-electron chi connectivity index (χ4n) is 1.24. The summed E-state index contributed by atoms with van der Waals surface area (Å²) in [6, 6.07) is 0. The van der Waals surface area contributed by atoms with Gasteiger partial charge in [0.1, 0.15) is 0 Å². The molecule has 0 aliphatic heterocycles. The molecule has 0 amide bonds. The molecular formula is C10H11ClN4S. The molecule has 16 heavy (non-hydrogen) atoms. The van der Waals surface area contributed by atoms with Gasteiger partial charge in [0.2, 0.25) is 0 Å². The Balaban J connectivity index is 2.13. The minimum atomic E-state index is 0.459. The lowest BCUT2D eigenvalue weighted by molar-refractivity contribution is 0.975. The lowest BCUT2D eigenvalue weighted by atomic mass is 10.2. The van der Waals surface area contributed by atoms with Gasteiger partial charge in [-0.3, -0.25) is 4.98 Å². The largest absolute Gasteiger partial charge is 0.363 e. The molecule has 2 rings (SSSR count). The normalized spacial score (nSPS) is 10.4. The van der Waals surface area contributed by atoms with E-state index in [0.717, 1.165) is 21.8 Å². The molecule has 2 aromatic heterocycles. The number of nitrogens with one attached hydrogen (secondary N) is 1. The zero-order valence-corrected chi connectivity index (χ0v) is 10.6. The Morgan fingerprint density at radius 1 is 1.31 bits per heavy atom. The fraction of sp³-hybridized carbons (Fsp3) is 0.300. The number of nitrogens with zero attached hydrogens (tertiary/aromatic N) is 3. The molecule has 2 heterocycles. The van der Waals surface area contributed by atoms with Crippen LogP contribution in [0.3, 0.4) is 0 Å². The van der Waals surface area contributed by atoms with E-state index in [1.54, 1.807) is 11.3 Å². The summed E-state index contributed by atoms with van der Waals surface area (Å²) in [4.78, 5) is 5.17. The number of anilines is 1. The molecular weight excluding hydrogens is 244 g/mol. The maximum absolute atomic E-state index is 5.88. The quantitative estimate of drug-likeness (QED) is 0.915. The first-order valence-corrected chi connectivity index (χ1v) is 6.05. The summed E-state index contributed by atoms with van der Waals surface area (Å²) >= 11 is 7.48. The Morgan fingerprint density at radius 3 is 2.81 bits per heavy atom. The maximum atomic E-state index is 5.88. The smallest absolute Gasteiger partial charge is 0.155 e. The summed E-state index contributed by atoms with van der Waals surface area (Å²) in [6.07, 6.45) is 1.84. The van der Waals surface area contributed by atoms with E-state index in [2.05, 4.69) is 20.5 Å². The number of hydrogen-bond donors (Lipinski definition) is 1. The SMILES string of the molecule is Cc1c(Cl)nnc(NCc2cncs2)c1C. The van der Waals surface area contributed by atoms with E-state index in [0.29, 0.717) is 11.7 Å². The van der Waals surface area contributed by atoms with Gasteiger partial charge in [0.05, 0.1) is 12.1 Å². The van der Waals surface area contributed by atoms with E-state index in [9.17, 15) is 0 Å². The number of thiazole rings is 1. The van der Waals surface area contributed by atoms with Crippen LogP contribution in [0.25, 0.3) is 0 Å². The molecule has 1 N–H and O–H groups in total. The minimum absolute atomic E-state index is 0.459. The molecule has 4 nitrogen and oxygen atoms in total. The average molecular weight is 255 g/mol. The Labute approximate surface area is 103 Å². The highest BCUT2D eigenvalue weighted by Crippen LogP contribution is 2.21. The van der Waals surface area contributed by atoms with Crippen molar-refractivity contribution in [2.45, 2.75) is 20.4 Å². The molecule has 0 aromatic carbocycles. The average Bonchev–Trinajstić information content (AvgIpc) is 2.78. The first kappa shape index (κ1) is 11.3. The van der Waals surface area contributed by atoms with Gasteiger partial charge in [-0.1, -0.05) is 11.6 Å². The fourth-order valence-corrected chi connectivity index (χ4v) is 1.96. The molecule has 0 fully saturated rings. The van der Waals surface area contributed by atoms with Gasteiger partial charge in [0.15, 0.2) is 11.0 Å². The van der Waals surface area contributed by atoms with Crippen molar-refractivity contribution in [3.63, 3.8) is 0 Å². The molecule has 0 spiro atoms. The molecule has 0 aliphatic carbocycles. The maximum Gasteiger partial charge on any atom is 0.155 e. The van der Waals surface area contributed by atoms with Crippen molar-refractivity contribution >= 4 is 28.8 Å². The van der Waals surface area contributed by atoms with Crippen LogP contribution in [0.15, 0.2) is 11.7 Å². The third kappa shape index (κ3) is 2.31. The van der Waals surface area contributed by atoms with Crippen molar-refractivity contribution in [3.05, 3.63) is 32.9 Å². The van der Waals surface area contributed by atoms with Crippen molar-refractivity contribution in [3.8, 4) is 0 Å². The molecule has 2 aromatic rings. The van der Waals surface area contributed by atoms with E-state index in [-0.39, 0.29) is 0 Å². The van der Waals surface area contributed by atoms with Crippen molar-refractivity contribution < 1.29 is 0 Å². The molecule has 0 saturated heterocycles. The predicted molar refractivity (Wildman–Crippen MR) is 66.0 cm³/mol. The molecule has 0 atom stereocenters. The number of hydrogen-bond acceptors (Lipinski definition) is 5. The highest BCUT2D eigenvalue weighted by molar-refractivity contribution is 7.09.